The van der Waals surface area contributed by atoms with Crippen molar-refractivity contribution < 1.29 is 9.53 Å². The minimum absolute atomic E-state index is 0.0164. The quantitative estimate of drug-likeness (QED) is 0.938. The monoisotopic (exact) mass is 331 g/mol. The third kappa shape index (κ3) is 3.81. The zero-order chi connectivity index (χ0) is 16.2. The van der Waals surface area contributed by atoms with E-state index in [1.807, 2.05) is 31.2 Å². The third-order valence-electron chi connectivity index (χ3n) is 3.75. The van der Waals surface area contributed by atoms with Gasteiger partial charge in [0, 0.05) is 30.0 Å². The van der Waals surface area contributed by atoms with Crippen LogP contribution in [-0.4, -0.2) is 42.1 Å². The van der Waals surface area contributed by atoms with Crippen molar-refractivity contribution in [2.75, 3.05) is 31.6 Å². The fraction of sp³-hybridized carbons (Fsp3) is 0.294. The Kier molecular flexibility index (Phi) is 4.79. The SMILES string of the molecule is Cc1cc(Cl)ccc1Nc1cncc(C(=O)N2CCOCC2)c1. The first-order valence-corrected chi connectivity index (χ1v) is 7.86. The second kappa shape index (κ2) is 6.98. The molecule has 1 aliphatic heterocycles. The van der Waals surface area contributed by atoms with Gasteiger partial charge in [-0.3, -0.25) is 9.78 Å². The molecule has 5 nitrogen and oxygen atoms in total. The molecule has 23 heavy (non-hydrogen) atoms. The first-order valence-electron chi connectivity index (χ1n) is 7.49. The number of nitrogens with one attached hydrogen (secondary N) is 1. The Balaban J connectivity index is 1.78. The topological polar surface area (TPSA) is 54.5 Å². The molecule has 3 rings (SSSR count). The van der Waals surface area contributed by atoms with Gasteiger partial charge in [-0.2, -0.15) is 0 Å². The summed E-state index contributed by atoms with van der Waals surface area (Å²) in [7, 11) is 0. The van der Waals surface area contributed by atoms with Gasteiger partial charge < -0.3 is 15.0 Å². The largest absolute Gasteiger partial charge is 0.378 e. The highest BCUT2D eigenvalue weighted by Gasteiger charge is 2.19. The number of amides is 1. The zero-order valence-corrected chi connectivity index (χ0v) is 13.6. The van der Waals surface area contributed by atoms with Crippen LogP contribution in [0.2, 0.25) is 5.02 Å². The van der Waals surface area contributed by atoms with Crippen molar-refractivity contribution in [1.82, 2.24) is 9.88 Å². The summed E-state index contributed by atoms with van der Waals surface area (Å²) in [4.78, 5) is 18.5. The molecular weight excluding hydrogens is 314 g/mol. The van der Waals surface area contributed by atoms with Gasteiger partial charge in [0.2, 0.25) is 0 Å². The number of carbonyl (C=O) groups is 1. The number of hydrogen-bond donors (Lipinski definition) is 1. The molecule has 0 spiro atoms. The first-order chi connectivity index (χ1) is 11.1. The Hall–Kier alpha value is -2.11. The van der Waals surface area contributed by atoms with Crippen molar-refractivity contribution in [2.45, 2.75) is 6.92 Å². The summed E-state index contributed by atoms with van der Waals surface area (Å²) >= 11 is 5.97. The summed E-state index contributed by atoms with van der Waals surface area (Å²) in [5.74, 6) is -0.0164. The maximum Gasteiger partial charge on any atom is 0.255 e. The Morgan fingerprint density at radius 1 is 1.26 bits per heavy atom. The number of aryl methyl sites for hydroxylation is 1. The number of hydrogen-bond acceptors (Lipinski definition) is 4. The molecule has 0 bridgehead atoms. The standard InChI is InChI=1S/C17H18ClN3O2/c1-12-8-14(18)2-3-16(12)20-15-9-13(10-19-11-15)17(22)21-4-6-23-7-5-21/h2-3,8-11,20H,4-7H2,1H3. The van der Waals surface area contributed by atoms with E-state index < -0.39 is 0 Å². The highest BCUT2D eigenvalue weighted by molar-refractivity contribution is 6.30. The van der Waals surface area contributed by atoms with E-state index in [-0.39, 0.29) is 5.91 Å². The van der Waals surface area contributed by atoms with Crippen molar-refractivity contribution in [1.29, 1.82) is 0 Å². The lowest BCUT2D eigenvalue weighted by Gasteiger charge is -2.26. The van der Waals surface area contributed by atoms with Crippen molar-refractivity contribution in [3.05, 3.63) is 52.8 Å². The fourth-order valence-electron chi connectivity index (χ4n) is 2.50. The number of morpholine rings is 1. The van der Waals surface area contributed by atoms with Gasteiger partial charge in [-0.05, 0) is 36.8 Å². The van der Waals surface area contributed by atoms with Crippen LogP contribution in [0.4, 0.5) is 11.4 Å². The Bertz CT molecular complexity index is 715. The van der Waals surface area contributed by atoms with Gasteiger partial charge in [-0.25, -0.2) is 0 Å². The van der Waals surface area contributed by atoms with Crippen molar-refractivity contribution >= 4 is 28.9 Å². The molecule has 1 N–H and O–H groups in total. The number of pyridine rings is 1. The van der Waals surface area contributed by atoms with Crippen LogP contribution in [0.1, 0.15) is 15.9 Å². The molecule has 2 heterocycles. The Morgan fingerprint density at radius 3 is 2.78 bits per heavy atom. The number of aromatic nitrogens is 1. The smallest absolute Gasteiger partial charge is 0.255 e. The molecule has 0 aliphatic carbocycles. The van der Waals surface area contributed by atoms with E-state index in [2.05, 4.69) is 10.3 Å². The van der Waals surface area contributed by atoms with E-state index in [0.717, 1.165) is 16.9 Å². The molecule has 1 fully saturated rings. The minimum Gasteiger partial charge on any atom is -0.378 e. The molecule has 1 saturated heterocycles. The molecule has 1 aromatic carbocycles. The lowest BCUT2D eigenvalue weighted by molar-refractivity contribution is 0.0302. The van der Waals surface area contributed by atoms with Gasteiger partial charge in [-0.15, -0.1) is 0 Å². The molecule has 0 unspecified atom stereocenters. The first kappa shape index (κ1) is 15.8. The summed E-state index contributed by atoms with van der Waals surface area (Å²) in [6.07, 6.45) is 3.29. The molecule has 2 aromatic rings. The summed E-state index contributed by atoms with van der Waals surface area (Å²) in [6, 6.07) is 7.44. The van der Waals surface area contributed by atoms with Crippen LogP contribution in [-0.2, 0) is 4.74 Å². The summed E-state index contributed by atoms with van der Waals surface area (Å²) in [5, 5.41) is 3.98. The minimum atomic E-state index is -0.0164. The number of anilines is 2. The average Bonchev–Trinajstić information content (AvgIpc) is 2.58. The van der Waals surface area contributed by atoms with Gasteiger partial charge >= 0.3 is 0 Å². The van der Waals surface area contributed by atoms with Gasteiger partial charge in [0.25, 0.3) is 5.91 Å². The van der Waals surface area contributed by atoms with E-state index in [1.54, 1.807) is 17.3 Å². The molecule has 1 amide bonds. The van der Waals surface area contributed by atoms with Crippen molar-refractivity contribution in [2.24, 2.45) is 0 Å². The number of ether oxygens (including phenoxy) is 1. The van der Waals surface area contributed by atoms with E-state index in [1.165, 1.54) is 0 Å². The second-order valence-electron chi connectivity index (χ2n) is 5.45. The number of halogens is 1. The molecule has 120 valence electrons. The average molecular weight is 332 g/mol. The van der Waals surface area contributed by atoms with Crippen molar-refractivity contribution in [3.8, 4) is 0 Å². The third-order valence-corrected chi connectivity index (χ3v) is 3.99. The summed E-state index contributed by atoms with van der Waals surface area (Å²) < 4.78 is 5.28. The molecular formula is C17H18ClN3O2. The van der Waals surface area contributed by atoms with Crippen LogP contribution in [0.3, 0.4) is 0 Å². The predicted octanol–water partition coefficient (Wildman–Crippen LogP) is 3.26. The van der Waals surface area contributed by atoms with Crippen LogP contribution in [0.15, 0.2) is 36.7 Å². The number of benzene rings is 1. The van der Waals surface area contributed by atoms with Crippen LogP contribution >= 0.6 is 11.6 Å². The number of rotatable bonds is 3. The van der Waals surface area contributed by atoms with Gasteiger partial charge in [0.05, 0.1) is 30.7 Å². The van der Waals surface area contributed by atoms with E-state index in [9.17, 15) is 4.79 Å². The van der Waals surface area contributed by atoms with E-state index >= 15 is 0 Å². The van der Waals surface area contributed by atoms with Gasteiger partial charge in [0.15, 0.2) is 0 Å². The maximum atomic E-state index is 12.5. The molecule has 0 radical (unpaired) electrons. The molecule has 6 heteroatoms. The summed E-state index contributed by atoms with van der Waals surface area (Å²) in [5.41, 5.74) is 3.31. The van der Waals surface area contributed by atoms with Crippen LogP contribution in [0.5, 0.6) is 0 Å². The normalized spacial score (nSPS) is 14.6. The van der Waals surface area contributed by atoms with Crippen LogP contribution in [0.25, 0.3) is 0 Å². The number of carbonyl (C=O) groups excluding carboxylic acids is 1. The highest BCUT2D eigenvalue weighted by atomic mass is 35.5. The maximum absolute atomic E-state index is 12.5. The Morgan fingerprint density at radius 2 is 2.04 bits per heavy atom. The fourth-order valence-corrected chi connectivity index (χ4v) is 2.72. The Labute approximate surface area is 140 Å². The zero-order valence-electron chi connectivity index (χ0n) is 12.9. The van der Waals surface area contributed by atoms with E-state index in [0.29, 0.717) is 36.9 Å². The molecule has 0 atom stereocenters. The van der Waals surface area contributed by atoms with Crippen LogP contribution < -0.4 is 5.32 Å². The highest BCUT2D eigenvalue weighted by Crippen LogP contribution is 2.23. The van der Waals surface area contributed by atoms with E-state index in [4.69, 9.17) is 16.3 Å². The molecule has 0 saturated carbocycles. The predicted molar refractivity (Wildman–Crippen MR) is 90.4 cm³/mol. The summed E-state index contributed by atoms with van der Waals surface area (Å²) in [6.45, 7) is 4.38. The molecule has 1 aliphatic rings. The lowest BCUT2D eigenvalue weighted by atomic mass is 10.2. The lowest BCUT2D eigenvalue weighted by Crippen LogP contribution is -2.40. The second-order valence-corrected chi connectivity index (χ2v) is 5.89. The van der Waals surface area contributed by atoms with Gasteiger partial charge in [0.1, 0.15) is 0 Å². The van der Waals surface area contributed by atoms with Gasteiger partial charge in [-0.1, -0.05) is 11.6 Å². The van der Waals surface area contributed by atoms with Crippen molar-refractivity contribution in [3.63, 3.8) is 0 Å². The van der Waals surface area contributed by atoms with Crippen LogP contribution in [0, 0.1) is 6.92 Å². The molecule has 1 aromatic heterocycles. The number of nitrogens with zero attached hydrogens (tertiary/aromatic N) is 2.